The molecule has 0 saturated carbocycles. The minimum Gasteiger partial charge on any atom is -0.492 e. The van der Waals surface area contributed by atoms with Gasteiger partial charge >= 0.3 is 0 Å². The summed E-state index contributed by atoms with van der Waals surface area (Å²) in [6.07, 6.45) is 0. The molecule has 0 unspecified atom stereocenters. The summed E-state index contributed by atoms with van der Waals surface area (Å²) in [5.41, 5.74) is 1.27. The zero-order chi connectivity index (χ0) is 17.5. The first-order valence-corrected chi connectivity index (χ1v) is 7.57. The fourth-order valence-corrected chi connectivity index (χ4v) is 2.09. The van der Waals surface area contributed by atoms with E-state index in [1.807, 2.05) is 0 Å². The van der Waals surface area contributed by atoms with Crippen LogP contribution in [0, 0.1) is 18.6 Å². The Kier molecular flexibility index (Phi) is 6.26. The maximum absolute atomic E-state index is 13.2. The normalized spacial score (nSPS) is 10.7. The summed E-state index contributed by atoms with van der Waals surface area (Å²) in [4.78, 5) is 13.8. The van der Waals surface area contributed by atoms with Gasteiger partial charge in [0.25, 0.3) is 0 Å². The van der Waals surface area contributed by atoms with E-state index in [9.17, 15) is 13.6 Å². The van der Waals surface area contributed by atoms with Gasteiger partial charge in [0.2, 0.25) is 5.91 Å². The Labute approximate surface area is 140 Å². The van der Waals surface area contributed by atoms with Crippen LogP contribution in [0.4, 0.5) is 14.5 Å². The summed E-state index contributed by atoms with van der Waals surface area (Å²) < 4.78 is 31.5. The van der Waals surface area contributed by atoms with E-state index in [1.54, 1.807) is 37.1 Å². The highest BCUT2D eigenvalue weighted by Crippen LogP contribution is 2.15. The van der Waals surface area contributed by atoms with Crippen molar-refractivity contribution in [1.29, 1.82) is 0 Å². The van der Waals surface area contributed by atoms with Crippen molar-refractivity contribution in [3.8, 4) is 5.75 Å². The SMILES string of the molecule is Cc1ccc(F)cc1NC(=O)CN(C)CCOc1ccc(F)cc1. The van der Waals surface area contributed by atoms with Crippen molar-refractivity contribution in [3.05, 3.63) is 59.7 Å². The number of amides is 1. The van der Waals surface area contributed by atoms with Gasteiger partial charge in [0.15, 0.2) is 0 Å². The van der Waals surface area contributed by atoms with Crippen LogP contribution < -0.4 is 10.1 Å². The summed E-state index contributed by atoms with van der Waals surface area (Å²) in [6, 6.07) is 10.0. The van der Waals surface area contributed by atoms with E-state index in [-0.39, 0.29) is 18.3 Å². The van der Waals surface area contributed by atoms with E-state index in [4.69, 9.17) is 4.74 Å². The summed E-state index contributed by atoms with van der Waals surface area (Å²) in [5, 5.41) is 2.69. The van der Waals surface area contributed by atoms with Gasteiger partial charge in [-0.1, -0.05) is 6.07 Å². The lowest BCUT2D eigenvalue weighted by molar-refractivity contribution is -0.117. The van der Waals surface area contributed by atoms with Gasteiger partial charge in [0.1, 0.15) is 24.0 Å². The Morgan fingerprint density at radius 3 is 2.50 bits per heavy atom. The molecule has 0 heterocycles. The standard InChI is InChI=1S/C18H20F2N2O2/c1-13-3-4-15(20)11-17(13)21-18(23)12-22(2)9-10-24-16-7-5-14(19)6-8-16/h3-8,11H,9-10,12H2,1-2H3,(H,21,23). The van der Waals surface area contributed by atoms with E-state index in [1.165, 1.54) is 24.3 Å². The largest absolute Gasteiger partial charge is 0.492 e. The van der Waals surface area contributed by atoms with Gasteiger partial charge in [-0.25, -0.2) is 8.78 Å². The van der Waals surface area contributed by atoms with Crippen molar-refractivity contribution in [3.63, 3.8) is 0 Å². The minimum absolute atomic E-state index is 0.155. The third-order valence-electron chi connectivity index (χ3n) is 3.44. The second-order valence-corrected chi connectivity index (χ2v) is 5.55. The predicted octanol–water partition coefficient (Wildman–Crippen LogP) is 3.22. The van der Waals surface area contributed by atoms with Gasteiger partial charge < -0.3 is 10.1 Å². The van der Waals surface area contributed by atoms with E-state index in [2.05, 4.69) is 5.32 Å². The van der Waals surface area contributed by atoms with Crippen molar-refractivity contribution < 1.29 is 18.3 Å². The molecule has 0 radical (unpaired) electrons. The number of nitrogens with one attached hydrogen (secondary N) is 1. The van der Waals surface area contributed by atoms with Gasteiger partial charge in [0.05, 0.1) is 6.54 Å². The van der Waals surface area contributed by atoms with E-state index in [0.29, 0.717) is 24.6 Å². The molecule has 0 bridgehead atoms. The van der Waals surface area contributed by atoms with Crippen LogP contribution in [0.2, 0.25) is 0 Å². The molecule has 0 aliphatic heterocycles. The van der Waals surface area contributed by atoms with Crippen LogP contribution in [0.3, 0.4) is 0 Å². The van der Waals surface area contributed by atoms with Crippen LogP contribution in [-0.2, 0) is 4.79 Å². The van der Waals surface area contributed by atoms with E-state index in [0.717, 1.165) is 5.56 Å². The number of hydrogen-bond donors (Lipinski definition) is 1. The van der Waals surface area contributed by atoms with Crippen LogP contribution in [-0.4, -0.2) is 37.6 Å². The second-order valence-electron chi connectivity index (χ2n) is 5.55. The van der Waals surface area contributed by atoms with Crippen LogP contribution in [0.25, 0.3) is 0 Å². The van der Waals surface area contributed by atoms with E-state index >= 15 is 0 Å². The van der Waals surface area contributed by atoms with Crippen LogP contribution in [0.15, 0.2) is 42.5 Å². The molecule has 0 saturated heterocycles. The number of benzene rings is 2. The second kappa shape index (κ2) is 8.40. The fraction of sp³-hybridized carbons (Fsp3) is 0.278. The molecule has 0 aliphatic rings. The quantitative estimate of drug-likeness (QED) is 0.845. The highest BCUT2D eigenvalue weighted by atomic mass is 19.1. The van der Waals surface area contributed by atoms with Crippen LogP contribution in [0.5, 0.6) is 5.75 Å². The maximum Gasteiger partial charge on any atom is 0.238 e. The first-order valence-electron chi connectivity index (χ1n) is 7.57. The molecule has 0 atom stereocenters. The first kappa shape index (κ1) is 17.9. The smallest absolute Gasteiger partial charge is 0.238 e. The molecule has 6 heteroatoms. The summed E-state index contributed by atoms with van der Waals surface area (Å²) >= 11 is 0. The fourth-order valence-electron chi connectivity index (χ4n) is 2.09. The molecule has 128 valence electrons. The number of rotatable bonds is 7. The predicted molar refractivity (Wildman–Crippen MR) is 89.2 cm³/mol. The molecule has 1 N–H and O–H groups in total. The molecule has 2 aromatic rings. The Morgan fingerprint density at radius 1 is 1.12 bits per heavy atom. The molecule has 0 aliphatic carbocycles. The average molecular weight is 334 g/mol. The number of ether oxygens (including phenoxy) is 1. The Bertz CT molecular complexity index is 690. The minimum atomic E-state index is -0.392. The average Bonchev–Trinajstić information content (AvgIpc) is 2.53. The monoisotopic (exact) mass is 334 g/mol. The number of nitrogens with zero attached hydrogens (tertiary/aromatic N) is 1. The number of carbonyl (C=O) groups is 1. The van der Waals surface area contributed by atoms with Crippen molar-refractivity contribution in [2.75, 3.05) is 32.1 Å². The zero-order valence-corrected chi connectivity index (χ0v) is 13.7. The highest BCUT2D eigenvalue weighted by Gasteiger charge is 2.09. The van der Waals surface area contributed by atoms with Gasteiger partial charge in [-0.3, -0.25) is 9.69 Å². The first-order chi connectivity index (χ1) is 11.4. The van der Waals surface area contributed by atoms with Gasteiger partial charge in [-0.2, -0.15) is 0 Å². The third-order valence-corrected chi connectivity index (χ3v) is 3.44. The Morgan fingerprint density at radius 2 is 1.79 bits per heavy atom. The topological polar surface area (TPSA) is 41.6 Å². The maximum atomic E-state index is 13.2. The van der Waals surface area contributed by atoms with Gasteiger partial charge in [0, 0.05) is 12.2 Å². The number of halogens is 2. The van der Waals surface area contributed by atoms with Gasteiger partial charge in [-0.05, 0) is 55.9 Å². The molecule has 0 aromatic heterocycles. The molecule has 24 heavy (non-hydrogen) atoms. The summed E-state index contributed by atoms with van der Waals surface area (Å²) in [5.74, 6) is -0.363. The molecular formula is C18H20F2N2O2. The molecule has 0 fully saturated rings. The summed E-state index contributed by atoms with van der Waals surface area (Å²) in [7, 11) is 1.78. The molecular weight excluding hydrogens is 314 g/mol. The van der Waals surface area contributed by atoms with Crippen molar-refractivity contribution >= 4 is 11.6 Å². The van der Waals surface area contributed by atoms with Crippen LogP contribution in [0.1, 0.15) is 5.56 Å². The van der Waals surface area contributed by atoms with Gasteiger partial charge in [-0.15, -0.1) is 0 Å². The third kappa shape index (κ3) is 5.62. The van der Waals surface area contributed by atoms with Crippen molar-refractivity contribution in [1.82, 2.24) is 4.90 Å². The number of hydrogen-bond acceptors (Lipinski definition) is 3. The number of likely N-dealkylation sites (N-methyl/N-ethyl adjacent to an activating group) is 1. The number of aryl methyl sites for hydroxylation is 1. The molecule has 2 rings (SSSR count). The molecule has 1 amide bonds. The summed E-state index contributed by atoms with van der Waals surface area (Å²) in [6.45, 7) is 2.85. The lowest BCUT2D eigenvalue weighted by Crippen LogP contribution is -2.33. The number of carbonyl (C=O) groups excluding carboxylic acids is 1. The molecule has 2 aromatic carbocycles. The molecule has 0 spiro atoms. The Balaban J connectivity index is 1.75. The molecule has 4 nitrogen and oxygen atoms in total. The van der Waals surface area contributed by atoms with E-state index < -0.39 is 5.82 Å². The Hall–Kier alpha value is -2.47. The van der Waals surface area contributed by atoms with Crippen LogP contribution >= 0.6 is 0 Å². The highest BCUT2D eigenvalue weighted by molar-refractivity contribution is 5.92. The van der Waals surface area contributed by atoms with Crippen molar-refractivity contribution in [2.24, 2.45) is 0 Å². The zero-order valence-electron chi connectivity index (χ0n) is 13.7. The number of anilines is 1. The lowest BCUT2D eigenvalue weighted by Gasteiger charge is -2.17. The van der Waals surface area contributed by atoms with Crippen molar-refractivity contribution in [2.45, 2.75) is 6.92 Å². The lowest BCUT2D eigenvalue weighted by atomic mass is 10.2.